The summed E-state index contributed by atoms with van der Waals surface area (Å²) in [5, 5.41) is 33.0. The van der Waals surface area contributed by atoms with Crippen molar-refractivity contribution in [2.24, 2.45) is 0 Å². The summed E-state index contributed by atoms with van der Waals surface area (Å²) in [5.74, 6) is -1.74. The summed E-state index contributed by atoms with van der Waals surface area (Å²) in [5.41, 5.74) is 12.0. The predicted molar refractivity (Wildman–Crippen MR) is 166 cm³/mol. The number of sulfonamides is 2. The lowest BCUT2D eigenvalue weighted by atomic mass is 10.2. The Bertz CT molecular complexity index is 1610. The van der Waals surface area contributed by atoms with Gasteiger partial charge in [0.15, 0.2) is 0 Å². The van der Waals surface area contributed by atoms with Crippen LogP contribution in [0.2, 0.25) is 0 Å². The van der Waals surface area contributed by atoms with Crippen LogP contribution < -0.4 is 20.9 Å². The molecule has 8 N–H and O–H groups in total. The molecule has 0 amide bonds. The molecule has 0 saturated carbocycles. The lowest BCUT2D eigenvalue weighted by Gasteiger charge is -2.04. The Hall–Kier alpha value is -4.40. The van der Waals surface area contributed by atoms with E-state index in [1.165, 1.54) is 71.2 Å². The summed E-state index contributed by atoms with van der Waals surface area (Å²) in [6, 6.07) is 11.9. The van der Waals surface area contributed by atoms with Gasteiger partial charge in [0.1, 0.15) is 10.0 Å². The van der Waals surface area contributed by atoms with Crippen molar-refractivity contribution in [2.45, 2.75) is 49.3 Å². The van der Waals surface area contributed by atoms with Gasteiger partial charge in [0.2, 0.25) is 10.3 Å². The molecule has 4 rings (SSSR count). The van der Waals surface area contributed by atoms with E-state index >= 15 is 0 Å². The van der Waals surface area contributed by atoms with Crippen molar-refractivity contribution in [3.63, 3.8) is 0 Å². The minimum absolute atomic E-state index is 0.0628. The standard InChI is InChI=1S/2C9H10N4O2S2.C6H10O4/c2*1-6-11-12-9(16-6)13-17(14,15)8-4-2-7(10)3-5-8;7-5(8)3-1-2-4-6(9)10/h2*2-5H,10H2,1H3,(H,12,13);1-4H2,(H,7,8)(H,9,10). The van der Waals surface area contributed by atoms with Gasteiger partial charge >= 0.3 is 11.9 Å². The van der Waals surface area contributed by atoms with Crippen LogP contribution in [0.25, 0.3) is 0 Å². The fourth-order valence-corrected chi connectivity index (χ4v) is 6.51. The smallest absolute Gasteiger partial charge is 0.303 e. The Balaban J connectivity index is 0.000000240. The molecule has 0 radical (unpaired) electrons. The first kappa shape index (κ1) is 35.8. The normalized spacial score (nSPS) is 10.9. The van der Waals surface area contributed by atoms with E-state index in [0.717, 1.165) is 0 Å². The summed E-state index contributed by atoms with van der Waals surface area (Å²) >= 11 is 2.35. The summed E-state index contributed by atoms with van der Waals surface area (Å²) < 4.78 is 52.3. The molecule has 0 unspecified atom stereocenters. The van der Waals surface area contributed by atoms with Crippen molar-refractivity contribution in [1.82, 2.24) is 20.4 Å². The summed E-state index contributed by atoms with van der Waals surface area (Å²) in [4.78, 5) is 20.1. The van der Waals surface area contributed by atoms with Crippen LogP contribution in [0.5, 0.6) is 0 Å². The molecule has 0 saturated heterocycles. The Labute approximate surface area is 261 Å². The minimum atomic E-state index is -3.61. The Morgan fingerprint density at radius 1 is 0.659 bits per heavy atom. The number of rotatable bonds is 11. The van der Waals surface area contributed by atoms with Crippen molar-refractivity contribution in [2.75, 3.05) is 20.9 Å². The zero-order valence-electron chi connectivity index (χ0n) is 23.4. The Morgan fingerprint density at radius 2 is 0.977 bits per heavy atom. The number of hydrogen-bond acceptors (Lipinski definition) is 14. The van der Waals surface area contributed by atoms with Gasteiger partial charge in [-0.1, -0.05) is 22.7 Å². The van der Waals surface area contributed by atoms with Crippen LogP contribution in [0.15, 0.2) is 58.3 Å². The zero-order valence-corrected chi connectivity index (χ0v) is 26.6. The number of benzene rings is 2. The quantitative estimate of drug-likeness (QED) is 0.0977. The highest BCUT2D eigenvalue weighted by Crippen LogP contribution is 2.21. The highest BCUT2D eigenvalue weighted by molar-refractivity contribution is 7.93. The van der Waals surface area contributed by atoms with Gasteiger partial charge in [-0.25, -0.2) is 16.8 Å². The number of aryl methyl sites for hydroxylation is 2. The maximum Gasteiger partial charge on any atom is 0.303 e. The van der Waals surface area contributed by atoms with E-state index in [2.05, 4.69) is 29.8 Å². The number of nitrogen functional groups attached to an aromatic ring is 2. The molecule has 0 aliphatic carbocycles. The minimum Gasteiger partial charge on any atom is -0.481 e. The first-order valence-corrected chi connectivity index (χ1v) is 17.0. The molecule has 20 heteroatoms. The second kappa shape index (κ2) is 16.4. The number of aromatic nitrogens is 4. The van der Waals surface area contributed by atoms with Gasteiger partial charge in [-0.3, -0.25) is 19.0 Å². The monoisotopic (exact) mass is 686 g/mol. The van der Waals surface area contributed by atoms with Crippen LogP contribution in [-0.4, -0.2) is 59.4 Å². The number of carbonyl (C=O) groups is 2. The van der Waals surface area contributed by atoms with E-state index in [1.807, 2.05) is 0 Å². The number of nitrogens with zero attached hydrogens (tertiary/aromatic N) is 4. The third kappa shape index (κ3) is 12.9. The first-order chi connectivity index (χ1) is 20.6. The van der Waals surface area contributed by atoms with E-state index < -0.39 is 32.0 Å². The van der Waals surface area contributed by atoms with Gasteiger partial charge < -0.3 is 21.7 Å². The maximum absolute atomic E-state index is 11.9. The van der Waals surface area contributed by atoms with Gasteiger partial charge in [0.05, 0.1) is 9.79 Å². The molecule has 0 aliphatic heterocycles. The molecule has 44 heavy (non-hydrogen) atoms. The lowest BCUT2D eigenvalue weighted by molar-refractivity contribution is -0.139. The van der Waals surface area contributed by atoms with Gasteiger partial charge in [-0.15, -0.1) is 20.4 Å². The number of unbranched alkanes of at least 4 members (excludes halogenated alkanes) is 1. The maximum atomic E-state index is 11.9. The molecule has 238 valence electrons. The van der Waals surface area contributed by atoms with E-state index in [-0.39, 0.29) is 32.9 Å². The summed E-state index contributed by atoms with van der Waals surface area (Å²) in [6.45, 7) is 3.50. The average molecular weight is 687 g/mol. The number of carboxylic acid groups (broad SMARTS) is 2. The number of hydrogen-bond donors (Lipinski definition) is 6. The van der Waals surface area contributed by atoms with Crippen LogP contribution in [0, 0.1) is 13.8 Å². The van der Waals surface area contributed by atoms with Crippen molar-refractivity contribution < 1.29 is 36.6 Å². The molecule has 2 aromatic heterocycles. The second-order valence-electron chi connectivity index (χ2n) is 8.60. The highest BCUT2D eigenvalue weighted by atomic mass is 32.2. The topological polar surface area (TPSA) is 271 Å². The third-order valence-electron chi connectivity index (χ3n) is 4.91. The van der Waals surface area contributed by atoms with Gasteiger partial charge in [-0.05, 0) is 75.2 Å². The molecule has 0 atom stereocenters. The largest absolute Gasteiger partial charge is 0.481 e. The molecule has 16 nitrogen and oxygen atoms in total. The van der Waals surface area contributed by atoms with Crippen LogP contribution in [0.3, 0.4) is 0 Å². The Kier molecular flexibility index (Phi) is 13.4. The van der Waals surface area contributed by atoms with E-state index in [1.54, 1.807) is 13.8 Å². The average Bonchev–Trinajstić information content (AvgIpc) is 3.53. The van der Waals surface area contributed by atoms with Crippen LogP contribution in [0.1, 0.15) is 35.7 Å². The predicted octanol–water partition coefficient (Wildman–Crippen LogP) is 3.18. The first-order valence-electron chi connectivity index (χ1n) is 12.4. The molecule has 0 fully saturated rings. The number of aliphatic carboxylic acids is 2. The molecule has 0 spiro atoms. The molecule has 2 heterocycles. The SMILES string of the molecule is Cc1nnc(NS(=O)(=O)c2ccc(N)cc2)s1.Cc1nnc(NS(=O)(=O)c2ccc(N)cc2)s1.O=C(O)CCCCC(=O)O. The fraction of sp³-hybridized carbons (Fsp3) is 0.250. The molecular weight excluding hydrogens is 657 g/mol. The Morgan fingerprint density at radius 3 is 1.23 bits per heavy atom. The highest BCUT2D eigenvalue weighted by Gasteiger charge is 2.17. The van der Waals surface area contributed by atoms with Gasteiger partial charge in [0, 0.05) is 24.2 Å². The van der Waals surface area contributed by atoms with E-state index in [0.29, 0.717) is 34.2 Å². The number of carboxylic acids is 2. The van der Waals surface area contributed by atoms with Crippen molar-refractivity contribution in [3.8, 4) is 0 Å². The molecular formula is C24H30N8O8S4. The summed E-state index contributed by atoms with van der Waals surface area (Å²) in [6.07, 6.45) is 1.02. The van der Waals surface area contributed by atoms with Gasteiger partial charge in [0.25, 0.3) is 20.0 Å². The second-order valence-corrected chi connectivity index (χ2v) is 14.3. The van der Waals surface area contributed by atoms with Crippen LogP contribution >= 0.6 is 22.7 Å². The number of anilines is 4. The lowest BCUT2D eigenvalue weighted by Crippen LogP contribution is -2.12. The fourth-order valence-electron chi connectivity index (χ4n) is 2.87. The van der Waals surface area contributed by atoms with Crippen molar-refractivity contribution in [3.05, 3.63) is 58.5 Å². The van der Waals surface area contributed by atoms with Crippen LogP contribution in [0.4, 0.5) is 21.6 Å². The third-order valence-corrected chi connectivity index (χ3v) is 9.38. The van der Waals surface area contributed by atoms with Crippen LogP contribution in [-0.2, 0) is 29.6 Å². The molecule has 2 aromatic carbocycles. The molecule has 0 bridgehead atoms. The van der Waals surface area contributed by atoms with Gasteiger partial charge in [-0.2, -0.15) is 0 Å². The number of nitrogens with two attached hydrogens (primary N) is 2. The molecule has 0 aliphatic rings. The number of nitrogens with one attached hydrogen (secondary N) is 2. The van der Waals surface area contributed by atoms with E-state index in [4.69, 9.17) is 21.7 Å². The van der Waals surface area contributed by atoms with Crippen molar-refractivity contribution >= 4 is 76.3 Å². The summed E-state index contributed by atoms with van der Waals surface area (Å²) in [7, 11) is -7.23. The zero-order chi connectivity index (χ0) is 32.9. The molecule has 4 aromatic rings. The van der Waals surface area contributed by atoms with E-state index in [9.17, 15) is 26.4 Å². The van der Waals surface area contributed by atoms with Crippen molar-refractivity contribution in [1.29, 1.82) is 0 Å².